The molecule has 0 spiro atoms. The van der Waals surface area contributed by atoms with Gasteiger partial charge in [-0.05, 0) is 31.0 Å². The zero-order chi connectivity index (χ0) is 11.5. The largest absolute Gasteiger partial charge is 0.320 e. The Bertz CT molecular complexity index is 360. The van der Waals surface area contributed by atoms with Crippen LogP contribution in [0.4, 0.5) is 8.78 Å². The predicted octanol–water partition coefficient (Wildman–Crippen LogP) is 2.19. The summed E-state index contributed by atoms with van der Waals surface area (Å²) in [7, 11) is 0. The summed E-state index contributed by atoms with van der Waals surface area (Å²) in [6.45, 7) is 1.34. The monoisotopic (exact) mass is 209 g/mol. The molecule has 0 heterocycles. The number of rotatable bonds is 3. The minimum absolute atomic E-state index is 0.134. The molecule has 1 atom stereocenters. The Morgan fingerprint density at radius 3 is 2.33 bits per heavy atom. The van der Waals surface area contributed by atoms with E-state index in [0.29, 0.717) is 0 Å². The van der Waals surface area contributed by atoms with Gasteiger partial charge in [0.15, 0.2) is 0 Å². The van der Waals surface area contributed by atoms with Crippen molar-refractivity contribution in [3.8, 4) is 12.3 Å². The summed E-state index contributed by atoms with van der Waals surface area (Å²) in [6, 6.07) is 6.89. The van der Waals surface area contributed by atoms with Crippen LogP contribution in [0.3, 0.4) is 0 Å². The summed E-state index contributed by atoms with van der Waals surface area (Å²) in [4.78, 5) is 0. The molecule has 1 rings (SSSR count). The molecule has 15 heavy (non-hydrogen) atoms. The van der Waals surface area contributed by atoms with Gasteiger partial charge in [0.1, 0.15) is 0 Å². The van der Waals surface area contributed by atoms with Gasteiger partial charge in [0, 0.05) is 5.56 Å². The molecule has 0 bridgehead atoms. The zero-order valence-electron chi connectivity index (χ0n) is 8.50. The van der Waals surface area contributed by atoms with E-state index < -0.39 is 12.0 Å². The molecule has 0 aliphatic heterocycles. The first-order valence-electron chi connectivity index (χ1n) is 4.58. The average molecular weight is 209 g/mol. The number of halogens is 2. The highest BCUT2D eigenvalue weighted by Crippen LogP contribution is 2.18. The van der Waals surface area contributed by atoms with Crippen molar-refractivity contribution in [1.29, 1.82) is 0 Å². The Morgan fingerprint density at radius 2 is 1.93 bits per heavy atom. The molecule has 0 amide bonds. The topological polar surface area (TPSA) is 26.0 Å². The maximum absolute atomic E-state index is 12.5. The summed E-state index contributed by atoms with van der Waals surface area (Å²) in [5.74, 6) is 2.46. The zero-order valence-corrected chi connectivity index (χ0v) is 8.50. The van der Waals surface area contributed by atoms with Crippen molar-refractivity contribution >= 4 is 0 Å². The van der Waals surface area contributed by atoms with Crippen molar-refractivity contribution in [2.75, 3.05) is 0 Å². The Labute approximate surface area is 88.3 Å². The number of hydrogen-bond donors (Lipinski definition) is 1. The second-order valence-corrected chi connectivity index (χ2v) is 3.82. The number of nitrogens with two attached hydrogens (primary N) is 1. The van der Waals surface area contributed by atoms with E-state index in [1.165, 1.54) is 6.92 Å². The van der Waals surface area contributed by atoms with Gasteiger partial charge in [-0.25, -0.2) is 8.78 Å². The molecule has 1 aromatic rings. The molecule has 0 saturated carbocycles. The summed E-state index contributed by atoms with van der Waals surface area (Å²) in [5, 5.41) is 0. The third-order valence-corrected chi connectivity index (χ3v) is 2.20. The fourth-order valence-corrected chi connectivity index (χ4v) is 1.24. The fraction of sp³-hybridized carbons (Fsp3) is 0.333. The molecular weight excluding hydrogens is 196 g/mol. The molecule has 2 N–H and O–H groups in total. The Hall–Kier alpha value is -1.40. The summed E-state index contributed by atoms with van der Waals surface area (Å²) >= 11 is 0. The van der Waals surface area contributed by atoms with E-state index in [4.69, 9.17) is 12.2 Å². The van der Waals surface area contributed by atoms with Crippen LogP contribution in [-0.4, -0.2) is 12.0 Å². The van der Waals surface area contributed by atoms with E-state index in [1.807, 2.05) is 0 Å². The van der Waals surface area contributed by atoms with Gasteiger partial charge >= 0.3 is 0 Å². The van der Waals surface area contributed by atoms with Crippen LogP contribution in [0, 0.1) is 12.3 Å². The van der Waals surface area contributed by atoms with Crippen LogP contribution in [0.15, 0.2) is 24.3 Å². The van der Waals surface area contributed by atoms with Gasteiger partial charge in [-0.2, -0.15) is 0 Å². The van der Waals surface area contributed by atoms with Crippen LogP contribution in [0.1, 0.15) is 18.1 Å². The van der Waals surface area contributed by atoms with E-state index in [1.54, 1.807) is 24.3 Å². The molecule has 1 aromatic carbocycles. The van der Waals surface area contributed by atoms with Crippen LogP contribution < -0.4 is 5.73 Å². The van der Waals surface area contributed by atoms with Crippen molar-refractivity contribution in [2.45, 2.75) is 25.3 Å². The molecule has 0 aromatic heterocycles. The second-order valence-electron chi connectivity index (χ2n) is 3.82. The minimum atomic E-state index is -2.54. The number of hydrogen-bond acceptors (Lipinski definition) is 1. The standard InChI is InChI=1S/C12H13F2N/c1-3-9-4-6-10(7-5-9)8-12(2,15)11(13)14/h1,4-7,11H,8,15H2,2H3. The SMILES string of the molecule is C#Cc1ccc(CC(C)(N)C(F)F)cc1. The highest BCUT2D eigenvalue weighted by molar-refractivity contribution is 5.34. The normalized spacial score (nSPS) is 14.7. The summed E-state index contributed by atoms with van der Waals surface area (Å²) < 4.78 is 25.0. The van der Waals surface area contributed by atoms with Crippen molar-refractivity contribution in [2.24, 2.45) is 5.73 Å². The second kappa shape index (κ2) is 4.41. The van der Waals surface area contributed by atoms with Crippen LogP contribution in [0.2, 0.25) is 0 Å². The summed E-state index contributed by atoms with van der Waals surface area (Å²) in [6.07, 6.45) is 2.78. The predicted molar refractivity (Wildman–Crippen MR) is 56.7 cm³/mol. The van der Waals surface area contributed by atoms with Gasteiger partial charge in [0.05, 0.1) is 5.54 Å². The van der Waals surface area contributed by atoms with Crippen LogP contribution >= 0.6 is 0 Å². The lowest BCUT2D eigenvalue weighted by molar-refractivity contribution is 0.0639. The molecule has 1 unspecified atom stereocenters. The molecule has 0 saturated heterocycles. The first-order valence-corrected chi connectivity index (χ1v) is 4.58. The third kappa shape index (κ3) is 3.03. The van der Waals surface area contributed by atoms with Crippen LogP contribution in [0.25, 0.3) is 0 Å². The quantitative estimate of drug-likeness (QED) is 0.759. The van der Waals surface area contributed by atoms with Crippen molar-refractivity contribution in [1.82, 2.24) is 0 Å². The van der Waals surface area contributed by atoms with E-state index in [0.717, 1.165) is 11.1 Å². The van der Waals surface area contributed by atoms with Gasteiger partial charge in [-0.1, -0.05) is 18.1 Å². The van der Waals surface area contributed by atoms with E-state index in [2.05, 4.69) is 5.92 Å². The van der Waals surface area contributed by atoms with E-state index in [9.17, 15) is 8.78 Å². The Morgan fingerprint density at radius 1 is 1.40 bits per heavy atom. The number of benzene rings is 1. The highest BCUT2D eigenvalue weighted by Gasteiger charge is 2.30. The molecule has 0 aliphatic carbocycles. The van der Waals surface area contributed by atoms with Crippen molar-refractivity contribution in [3.05, 3.63) is 35.4 Å². The maximum Gasteiger partial charge on any atom is 0.256 e. The van der Waals surface area contributed by atoms with Gasteiger partial charge in [0.2, 0.25) is 0 Å². The van der Waals surface area contributed by atoms with Gasteiger partial charge < -0.3 is 5.73 Å². The molecule has 80 valence electrons. The van der Waals surface area contributed by atoms with Crippen molar-refractivity contribution in [3.63, 3.8) is 0 Å². The van der Waals surface area contributed by atoms with Gasteiger partial charge in [-0.3, -0.25) is 0 Å². The van der Waals surface area contributed by atoms with Gasteiger partial charge in [-0.15, -0.1) is 6.42 Å². The Balaban J connectivity index is 2.78. The van der Waals surface area contributed by atoms with E-state index >= 15 is 0 Å². The Kier molecular flexibility index (Phi) is 3.43. The maximum atomic E-state index is 12.5. The first kappa shape index (κ1) is 11.7. The van der Waals surface area contributed by atoms with Crippen molar-refractivity contribution < 1.29 is 8.78 Å². The van der Waals surface area contributed by atoms with Crippen LogP contribution in [-0.2, 0) is 6.42 Å². The number of terminal acetylenes is 1. The molecular formula is C12H13F2N. The molecule has 0 radical (unpaired) electrons. The van der Waals surface area contributed by atoms with Crippen LogP contribution in [0.5, 0.6) is 0 Å². The minimum Gasteiger partial charge on any atom is -0.320 e. The smallest absolute Gasteiger partial charge is 0.256 e. The fourth-order valence-electron chi connectivity index (χ4n) is 1.24. The highest BCUT2D eigenvalue weighted by atomic mass is 19.3. The lowest BCUT2D eigenvalue weighted by atomic mass is 9.94. The molecule has 1 nitrogen and oxygen atoms in total. The number of alkyl halides is 2. The lowest BCUT2D eigenvalue weighted by Gasteiger charge is -2.23. The average Bonchev–Trinajstić information content (AvgIpc) is 2.18. The van der Waals surface area contributed by atoms with Gasteiger partial charge in [0.25, 0.3) is 6.43 Å². The lowest BCUT2D eigenvalue weighted by Crippen LogP contribution is -2.45. The molecule has 3 heteroatoms. The summed E-state index contributed by atoms with van der Waals surface area (Å²) in [5.41, 5.74) is 5.48. The first-order chi connectivity index (χ1) is 6.95. The van der Waals surface area contributed by atoms with E-state index in [-0.39, 0.29) is 6.42 Å². The molecule has 0 fully saturated rings. The molecule has 0 aliphatic rings. The third-order valence-electron chi connectivity index (χ3n) is 2.20.